The maximum atomic E-state index is 4.72. The van der Waals surface area contributed by atoms with Gasteiger partial charge in [-0.15, -0.1) is 0 Å². The van der Waals surface area contributed by atoms with Crippen LogP contribution in [0.25, 0.3) is 0 Å². The standard InChI is InChI=1S/C34H37N3.C21H23N.C5H8.C2H6/c1-7-13-31(37(32-16-10-9-11-17-32)34-18-12-15-28(5)26-34)23-24-35-29-19-21-30(22-20-29)36(6)33(14-8-2)25-27(3)4;1-4-6-13-19(11-5-2)22(20-14-8-7-9-15-20)21-16-10-12-18(3)17-21;1-2-4-5-3-1;1-2/h7-26H,2H2,1,3-6H3;5-17H,2,4H2,1,3H3;1-2H,3-5H2;1-2H3/b13-7-,31-23+,33-14+,35-24?;13-6-,19-11+;;. The van der Waals surface area contributed by atoms with Crippen LogP contribution in [-0.2, 0) is 0 Å². The molecule has 5 aromatic carbocycles. The first-order valence-corrected chi connectivity index (χ1v) is 23.3. The summed E-state index contributed by atoms with van der Waals surface area (Å²) in [6.45, 7) is 24.3. The Morgan fingerprint density at radius 1 is 0.591 bits per heavy atom. The van der Waals surface area contributed by atoms with Gasteiger partial charge in [0.2, 0.25) is 0 Å². The molecule has 5 aromatic rings. The summed E-state index contributed by atoms with van der Waals surface area (Å²) in [5.74, 6) is 0. The highest BCUT2D eigenvalue weighted by molar-refractivity contribution is 5.81. The van der Waals surface area contributed by atoms with Gasteiger partial charge in [-0.05, 0) is 181 Å². The number of benzene rings is 5. The number of hydrogen-bond donors (Lipinski definition) is 0. The lowest BCUT2D eigenvalue weighted by atomic mass is 10.1. The average Bonchev–Trinajstić information content (AvgIpc) is 3.93. The fourth-order valence-corrected chi connectivity index (χ4v) is 6.90. The molecule has 1 aliphatic rings. The van der Waals surface area contributed by atoms with Crippen LogP contribution in [0, 0.1) is 13.8 Å². The van der Waals surface area contributed by atoms with Crippen molar-refractivity contribution in [2.45, 2.75) is 81.1 Å². The maximum Gasteiger partial charge on any atom is 0.0631 e. The van der Waals surface area contributed by atoms with Crippen molar-refractivity contribution in [1.82, 2.24) is 0 Å². The van der Waals surface area contributed by atoms with Crippen LogP contribution in [0.1, 0.15) is 78.4 Å². The number of rotatable bonds is 16. The molecule has 4 nitrogen and oxygen atoms in total. The molecular formula is C62H74N4. The zero-order chi connectivity index (χ0) is 47.9. The quantitative estimate of drug-likeness (QED) is 0.0560. The molecule has 66 heavy (non-hydrogen) atoms. The molecule has 4 heteroatoms. The topological polar surface area (TPSA) is 22.1 Å². The van der Waals surface area contributed by atoms with Crippen molar-refractivity contribution in [2.75, 3.05) is 21.7 Å². The number of para-hydroxylation sites is 2. The third kappa shape index (κ3) is 18.1. The zero-order valence-electron chi connectivity index (χ0n) is 41.2. The molecule has 0 heterocycles. The monoisotopic (exact) mass is 875 g/mol. The Morgan fingerprint density at radius 2 is 1.08 bits per heavy atom. The number of aliphatic imine (C=N–C) groups is 1. The van der Waals surface area contributed by atoms with Crippen LogP contribution in [0.3, 0.4) is 0 Å². The highest BCUT2D eigenvalue weighted by Crippen LogP contribution is 2.32. The van der Waals surface area contributed by atoms with Gasteiger partial charge in [0, 0.05) is 58.8 Å². The zero-order valence-corrected chi connectivity index (χ0v) is 41.2. The molecule has 0 atom stereocenters. The summed E-state index contributed by atoms with van der Waals surface area (Å²) in [6.07, 6.45) is 31.8. The normalized spacial score (nSPS) is 12.3. The van der Waals surface area contributed by atoms with Crippen molar-refractivity contribution in [3.8, 4) is 0 Å². The first-order valence-electron chi connectivity index (χ1n) is 23.3. The largest absolute Gasteiger partial charge is 0.345 e. The molecule has 0 unspecified atom stereocenters. The van der Waals surface area contributed by atoms with Crippen molar-refractivity contribution >= 4 is 40.3 Å². The van der Waals surface area contributed by atoms with E-state index in [1.807, 2.05) is 75.6 Å². The predicted octanol–water partition coefficient (Wildman–Crippen LogP) is 18.4. The number of aryl methyl sites for hydroxylation is 2. The molecule has 0 aliphatic heterocycles. The molecule has 0 amide bonds. The Kier molecular flexibility index (Phi) is 24.8. The Morgan fingerprint density at radius 3 is 1.50 bits per heavy atom. The molecule has 0 spiro atoms. The van der Waals surface area contributed by atoms with Crippen molar-refractivity contribution in [3.63, 3.8) is 0 Å². The molecule has 342 valence electrons. The van der Waals surface area contributed by atoms with E-state index < -0.39 is 0 Å². The Balaban J connectivity index is 0.000000334. The summed E-state index contributed by atoms with van der Waals surface area (Å²) in [4.78, 5) is 11.4. The third-order valence-corrected chi connectivity index (χ3v) is 9.94. The SMILES string of the molecule is C1=CCCC1.C=C/C=C(\C=C(C)C)N(C)c1ccc(N=C/C=C(\C=C/C)N(c2ccccc2)c2cccc(C)c2)cc1.C=C/C=C(\C=C/CC)N(c1ccccc1)c1cccc(C)c1.CC. The van der Waals surface area contributed by atoms with E-state index in [4.69, 9.17) is 4.99 Å². The smallest absolute Gasteiger partial charge is 0.0631 e. The van der Waals surface area contributed by atoms with Crippen molar-refractivity contribution in [2.24, 2.45) is 4.99 Å². The number of nitrogens with zero attached hydrogens (tertiary/aromatic N) is 4. The van der Waals surface area contributed by atoms with Crippen LogP contribution in [0.5, 0.6) is 0 Å². The second kappa shape index (κ2) is 30.8. The first kappa shape index (κ1) is 53.2. The van der Waals surface area contributed by atoms with Crippen molar-refractivity contribution < 1.29 is 0 Å². The molecule has 0 saturated carbocycles. The van der Waals surface area contributed by atoms with Crippen LogP contribution in [0.15, 0.2) is 247 Å². The average molecular weight is 875 g/mol. The van der Waals surface area contributed by atoms with E-state index >= 15 is 0 Å². The first-order chi connectivity index (χ1) is 32.2. The van der Waals surface area contributed by atoms with Gasteiger partial charge in [0.25, 0.3) is 0 Å². The molecule has 0 aromatic heterocycles. The molecule has 1 aliphatic carbocycles. The van der Waals surface area contributed by atoms with E-state index in [9.17, 15) is 0 Å². The molecular weight excluding hydrogens is 801 g/mol. The highest BCUT2D eigenvalue weighted by atomic mass is 15.2. The minimum Gasteiger partial charge on any atom is -0.345 e. The lowest BCUT2D eigenvalue weighted by Gasteiger charge is -2.26. The predicted molar refractivity (Wildman–Crippen MR) is 295 cm³/mol. The van der Waals surface area contributed by atoms with E-state index in [0.29, 0.717) is 0 Å². The molecule has 0 bridgehead atoms. The summed E-state index contributed by atoms with van der Waals surface area (Å²) in [5.41, 5.74) is 13.4. The van der Waals surface area contributed by atoms with Gasteiger partial charge in [0.05, 0.1) is 5.69 Å². The summed E-state index contributed by atoms with van der Waals surface area (Å²) in [5, 5.41) is 0. The lowest BCUT2D eigenvalue weighted by molar-refractivity contribution is 0.929. The second-order valence-corrected chi connectivity index (χ2v) is 15.6. The van der Waals surface area contributed by atoms with Crippen LogP contribution in [0.2, 0.25) is 0 Å². The highest BCUT2D eigenvalue weighted by Gasteiger charge is 2.14. The second-order valence-electron chi connectivity index (χ2n) is 15.6. The van der Waals surface area contributed by atoms with Gasteiger partial charge >= 0.3 is 0 Å². The number of allylic oxidation sites excluding steroid dienone is 13. The fraction of sp³-hybridized carbons (Fsp3) is 0.210. The van der Waals surface area contributed by atoms with Gasteiger partial charge in [-0.1, -0.05) is 137 Å². The molecule has 6 rings (SSSR count). The van der Waals surface area contributed by atoms with Gasteiger partial charge in [-0.25, -0.2) is 0 Å². The van der Waals surface area contributed by atoms with Gasteiger partial charge in [-0.3, -0.25) is 4.99 Å². The van der Waals surface area contributed by atoms with Gasteiger partial charge in [-0.2, -0.15) is 0 Å². The van der Waals surface area contributed by atoms with Gasteiger partial charge in [0.1, 0.15) is 0 Å². The van der Waals surface area contributed by atoms with Crippen LogP contribution >= 0.6 is 0 Å². The number of likely N-dealkylation sites (N-methyl/N-ethyl adjacent to an activating group) is 1. The third-order valence-electron chi connectivity index (χ3n) is 9.94. The summed E-state index contributed by atoms with van der Waals surface area (Å²) in [7, 11) is 2.06. The minimum absolute atomic E-state index is 0.895. The van der Waals surface area contributed by atoms with E-state index in [1.165, 1.54) is 36.0 Å². The van der Waals surface area contributed by atoms with Gasteiger partial charge in [0.15, 0.2) is 0 Å². The Bertz CT molecular complexity index is 2430. The molecule has 0 fully saturated rings. The van der Waals surface area contributed by atoms with Gasteiger partial charge < -0.3 is 14.7 Å². The fourth-order valence-electron chi connectivity index (χ4n) is 6.90. The van der Waals surface area contributed by atoms with Crippen LogP contribution < -0.4 is 14.7 Å². The van der Waals surface area contributed by atoms with Crippen LogP contribution in [0.4, 0.5) is 34.1 Å². The Hall–Kier alpha value is -7.17. The number of anilines is 5. The molecule has 0 radical (unpaired) electrons. The van der Waals surface area contributed by atoms with Crippen LogP contribution in [-0.4, -0.2) is 13.3 Å². The van der Waals surface area contributed by atoms with E-state index in [0.717, 1.165) is 57.6 Å². The summed E-state index contributed by atoms with van der Waals surface area (Å²) < 4.78 is 0. The molecule has 0 saturated heterocycles. The van der Waals surface area contributed by atoms with Crippen molar-refractivity contribution in [3.05, 3.63) is 253 Å². The van der Waals surface area contributed by atoms with E-state index in [1.54, 1.807) is 0 Å². The van der Waals surface area contributed by atoms with Crippen molar-refractivity contribution in [1.29, 1.82) is 0 Å². The number of hydrogen-bond acceptors (Lipinski definition) is 4. The Labute approximate surface area is 399 Å². The van der Waals surface area contributed by atoms with E-state index in [-0.39, 0.29) is 0 Å². The summed E-state index contributed by atoms with van der Waals surface area (Å²) in [6, 6.07) is 46.1. The lowest BCUT2D eigenvalue weighted by Crippen LogP contribution is -2.15. The maximum absolute atomic E-state index is 4.72. The molecule has 0 N–H and O–H groups in total. The van der Waals surface area contributed by atoms with E-state index in [2.05, 4.69) is 227 Å². The summed E-state index contributed by atoms with van der Waals surface area (Å²) >= 11 is 0. The minimum atomic E-state index is 0.895.